The lowest BCUT2D eigenvalue weighted by molar-refractivity contribution is 0.252. The number of pyridine rings is 1. The predicted octanol–water partition coefficient (Wildman–Crippen LogP) is 2.14. The first-order valence-electron chi connectivity index (χ1n) is 11.4. The Bertz CT molecular complexity index is 1130. The number of nitrogens with two attached hydrogens (primary N) is 1. The Balaban J connectivity index is 1.10. The molecule has 0 bridgehead atoms. The maximum atomic E-state index is 12.4. The van der Waals surface area contributed by atoms with Crippen molar-refractivity contribution in [3.63, 3.8) is 0 Å². The number of para-hydroxylation sites is 1. The Hall–Kier alpha value is -2.93. The number of piperazine rings is 1. The smallest absolute Gasteiger partial charge is 0.275 e. The van der Waals surface area contributed by atoms with Crippen LogP contribution in [0.15, 0.2) is 41.2 Å². The molecule has 2 aliphatic rings. The standard InChI is InChI=1S/C24H30N6O/c25-30-23(27-21-9-5-7-19(21)24(30)31)10-3-4-13-28-14-16-29(17-15-28)22-12-11-18-6-1-2-8-20(18)26-22/h1-2,6,8,11-12H,3-5,7,9-10,13-17,25H2. The summed E-state index contributed by atoms with van der Waals surface area (Å²) >= 11 is 0. The van der Waals surface area contributed by atoms with Gasteiger partial charge in [-0.15, -0.1) is 0 Å². The van der Waals surface area contributed by atoms with Crippen LogP contribution in [0, 0.1) is 0 Å². The number of aromatic nitrogens is 3. The summed E-state index contributed by atoms with van der Waals surface area (Å²) in [5, 5.41) is 1.19. The maximum Gasteiger partial charge on any atom is 0.275 e. The molecule has 1 aliphatic carbocycles. The summed E-state index contributed by atoms with van der Waals surface area (Å²) in [4.78, 5) is 26.8. The number of nitrogens with zero attached hydrogens (tertiary/aromatic N) is 5. The normalized spacial score (nSPS) is 16.7. The first-order chi connectivity index (χ1) is 15.2. The van der Waals surface area contributed by atoms with Gasteiger partial charge in [-0.25, -0.2) is 14.6 Å². The molecule has 3 heterocycles. The van der Waals surface area contributed by atoms with Gasteiger partial charge in [0.25, 0.3) is 5.56 Å². The number of aryl methyl sites for hydroxylation is 2. The molecule has 162 valence electrons. The Morgan fingerprint density at radius 1 is 0.935 bits per heavy atom. The van der Waals surface area contributed by atoms with E-state index >= 15 is 0 Å². The maximum absolute atomic E-state index is 12.4. The minimum atomic E-state index is -0.0454. The Morgan fingerprint density at radius 2 is 1.77 bits per heavy atom. The summed E-state index contributed by atoms with van der Waals surface area (Å²) in [6.45, 7) is 5.17. The van der Waals surface area contributed by atoms with Crippen LogP contribution in [0.2, 0.25) is 0 Å². The van der Waals surface area contributed by atoms with Crippen molar-refractivity contribution in [2.24, 2.45) is 0 Å². The highest BCUT2D eigenvalue weighted by atomic mass is 16.1. The van der Waals surface area contributed by atoms with E-state index in [-0.39, 0.29) is 5.56 Å². The minimum Gasteiger partial charge on any atom is -0.354 e. The first kappa shape index (κ1) is 20.0. The van der Waals surface area contributed by atoms with Crippen molar-refractivity contribution in [3.8, 4) is 0 Å². The molecule has 2 aromatic heterocycles. The Morgan fingerprint density at radius 3 is 2.65 bits per heavy atom. The van der Waals surface area contributed by atoms with E-state index in [0.29, 0.717) is 0 Å². The Kier molecular flexibility index (Phi) is 5.59. The molecule has 1 aromatic carbocycles. The zero-order valence-electron chi connectivity index (χ0n) is 18.0. The summed E-state index contributed by atoms with van der Waals surface area (Å²) in [6.07, 6.45) is 5.59. The van der Waals surface area contributed by atoms with Crippen LogP contribution in [-0.2, 0) is 19.3 Å². The summed E-state index contributed by atoms with van der Waals surface area (Å²) < 4.78 is 1.28. The molecule has 1 saturated heterocycles. The number of fused-ring (bicyclic) bond motifs is 2. The van der Waals surface area contributed by atoms with Gasteiger partial charge in [-0.3, -0.25) is 9.69 Å². The Labute approximate surface area is 182 Å². The van der Waals surface area contributed by atoms with Gasteiger partial charge >= 0.3 is 0 Å². The zero-order valence-corrected chi connectivity index (χ0v) is 18.0. The predicted molar refractivity (Wildman–Crippen MR) is 124 cm³/mol. The average molecular weight is 419 g/mol. The van der Waals surface area contributed by atoms with Gasteiger partial charge in [0.15, 0.2) is 0 Å². The van der Waals surface area contributed by atoms with Crippen LogP contribution in [-0.4, -0.2) is 52.3 Å². The largest absolute Gasteiger partial charge is 0.354 e. The van der Waals surface area contributed by atoms with Crippen molar-refractivity contribution < 1.29 is 0 Å². The van der Waals surface area contributed by atoms with Crippen molar-refractivity contribution in [1.29, 1.82) is 0 Å². The molecule has 0 unspecified atom stereocenters. The fourth-order valence-corrected chi connectivity index (χ4v) is 4.78. The number of hydrogen-bond donors (Lipinski definition) is 1. The molecule has 3 aromatic rings. The van der Waals surface area contributed by atoms with E-state index in [0.717, 1.165) is 99.7 Å². The summed E-state index contributed by atoms with van der Waals surface area (Å²) in [6, 6.07) is 12.6. The molecule has 1 fully saturated rings. The van der Waals surface area contributed by atoms with E-state index in [4.69, 9.17) is 10.8 Å². The van der Waals surface area contributed by atoms with Crippen LogP contribution >= 0.6 is 0 Å². The second-order valence-corrected chi connectivity index (χ2v) is 8.63. The van der Waals surface area contributed by atoms with Crippen LogP contribution in [0.4, 0.5) is 5.82 Å². The molecule has 0 spiro atoms. The van der Waals surface area contributed by atoms with E-state index in [2.05, 4.69) is 45.1 Å². The third-order valence-electron chi connectivity index (χ3n) is 6.61. The fourth-order valence-electron chi connectivity index (χ4n) is 4.78. The number of anilines is 1. The van der Waals surface area contributed by atoms with Gasteiger partial charge in [-0.05, 0) is 56.8 Å². The van der Waals surface area contributed by atoms with Gasteiger partial charge in [0.05, 0.1) is 11.2 Å². The van der Waals surface area contributed by atoms with Gasteiger partial charge in [0, 0.05) is 43.5 Å². The van der Waals surface area contributed by atoms with E-state index in [1.54, 1.807) is 0 Å². The van der Waals surface area contributed by atoms with Crippen LogP contribution < -0.4 is 16.3 Å². The second-order valence-electron chi connectivity index (χ2n) is 8.63. The topological polar surface area (TPSA) is 80.3 Å². The summed E-state index contributed by atoms with van der Waals surface area (Å²) in [7, 11) is 0. The molecular formula is C24H30N6O. The average Bonchev–Trinajstić information content (AvgIpc) is 3.28. The molecule has 2 N–H and O–H groups in total. The first-order valence-corrected chi connectivity index (χ1v) is 11.4. The second kappa shape index (κ2) is 8.67. The highest BCUT2D eigenvalue weighted by molar-refractivity contribution is 5.80. The summed E-state index contributed by atoms with van der Waals surface area (Å²) in [5.41, 5.74) is 2.81. The third kappa shape index (κ3) is 4.14. The molecule has 31 heavy (non-hydrogen) atoms. The monoisotopic (exact) mass is 418 g/mol. The van der Waals surface area contributed by atoms with Gasteiger partial charge in [-0.1, -0.05) is 18.2 Å². The third-order valence-corrected chi connectivity index (χ3v) is 6.61. The van der Waals surface area contributed by atoms with E-state index in [9.17, 15) is 4.79 Å². The van der Waals surface area contributed by atoms with Gasteiger partial charge in [0.2, 0.25) is 0 Å². The SMILES string of the molecule is Nn1c(CCCCN2CCN(c3ccc4ccccc4n3)CC2)nc2c(c1=O)CCC2. The number of benzene rings is 1. The van der Waals surface area contributed by atoms with Crippen LogP contribution in [0.1, 0.15) is 36.3 Å². The molecule has 0 atom stereocenters. The lowest BCUT2D eigenvalue weighted by Crippen LogP contribution is -2.46. The molecule has 0 radical (unpaired) electrons. The molecule has 0 amide bonds. The lowest BCUT2D eigenvalue weighted by Gasteiger charge is -2.35. The molecule has 7 heteroatoms. The minimum absolute atomic E-state index is 0.0454. The highest BCUT2D eigenvalue weighted by Gasteiger charge is 2.20. The van der Waals surface area contributed by atoms with Crippen molar-refractivity contribution in [1.82, 2.24) is 19.5 Å². The van der Waals surface area contributed by atoms with E-state index in [1.165, 1.54) is 10.1 Å². The molecule has 0 saturated carbocycles. The zero-order chi connectivity index (χ0) is 21.2. The number of hydrogen-bond acceptors (Lipinski definition) is 6. The quantitative estimate of drug-likeness (QED) is 0.488. The van der Waals surface area contributed by atoms with Gasteiger partial charge < -0.3 is 10.7 Å². The number of nitrogen functional groups attached to an aromatic ring is 1. The molecule has 1 aliphatic heterocycles. The van der Waals surface area contributed by atoms with Crippen molar-refractivity contribution in [3.05, 3.63) is 63.8 Å². The van der Waals surface area contributed by atoms with Crippen molar-refractivity contribution in [2.45, 2.75) is 38.5 Å². The highest BCUT2D eigenvalue weighted by Crippen LogP contribution is 2.20. The van der Waals surface area contributed by atoms with E-state index in [1.807, 2.05) is 6.07 Å². The van der Waals surface area contributed by atoms with Gasteiger partial charge in [-0.2, -0.15) is 0 Å². The van der Waals surface area contributed by atoms with Crippen molar-refractivity contribution in [2.75, 3.05) is 43.5 Å². The van der Waals surface area contributed by atoms with Crippen LogP contribution in [0.25, 0.3) is 10.9 Å². The van der Waals surface area contributed by atoms with Crippen molar-refractivity contribution >= 4 is 16.7 Å². The molecule has 5 rings (SSSR count). The molecular weight excluding hydrogens is 388 g/mol. The van der Waals surface area contributed by atoms with E-state index < -0.39 is 0 Å². The number of rotatable bonds is 6. The van der Waals surface area contributed by atoms with Crippen LogP contribution in [0.3, 0.4) is 0 Å². The fraction of sp³-hybridized carbons (Fsp3) is 0.458. The number of unbranched alkanes of at least 4 members (excludes halogenated alkanes) is 1. The lowest BCUT2D eigenvalue weighted by atomic mass is 10.2. The molecule has 7 nitrogen and oxygen atoms in total. The summed E-state index contributed by atoms with van der Waals surface area (Å²) in [5.74, 6) is 7.81. The van der Waals surface area contributed by atoms with Gasteiger partial charge in [0.1, 0.15) is 11.6 Å². The van der Waals surface area contributed by atoms with Crippen LogP contribution in [0.5, 0.6) is 0 Å².